The van der Waals surface area contributed by atoms with Crippen LogP contribution >= 0.6 is 0 Å². The number of carbonyl (C=O) groups excluding carboxylic acids is 1. The first-order valence-electron chi connectivity index (χ1n) is 7.00. The molecule has 2 aromatic rings. The van der Waals surface area contributed by atoms with Gasteiger partial charge in [-0.2, -0.15) is 0 Å². The number of hydrogen-bond acceptors (Lipinski definition) is 3. The molecule has 0 saturated carbocycles. The Balaban J connectivity index is 2.22. The van der Waals surface area contributed by atoms with E-state index in [0.717, 1.165) is 12.1 Å². The van der Waals surface area contributed by atoms with Gasteiger partial charge in [0.15, 0.2) is 0 Å². The van der Waals surface area contributed by atoms with Crippen LogP contribution in [0.1, 0.15) is 15.9 Å². The Bertz CT molecular complexity index is 704. The van der Waals surface area contributed by atoms with Gasteiger partial charge in [0, 0.05) is 18.7 Å². The van der Waals surface area contributed by atoms with Crippen LogP contribution in [0.3, 0.4) is 0 Å². The smallest absolute Gasteiger partial charge is 0.256 e. The second kappa shape index (κ2) is 7.69. The number of halogens is 2. The Morgan fingerprint density at radius 2 is 1.78 bits per heavy atom. The molecule has 0 aliphatic rings. The maximum atomic E-state index is 13.4. The first kappa shape index (κ1) is 16.9. The highest BCUT2D eigenvalue weighted by Gasteiger charge is 2.14. The van der Waals surface area contributed by atoms with Gasteiger partial charge in [-0.1, -0.05) is 6.07 Å². The molecule has 0 heterocycles. The van der Waals surface area contributed by atoms with Crippen molar-refractivity contribution in [1.29, 1.82) is 0 Å². The molecule has 2 rings (SSSR count). The summed E-state index contributed by atoms with van der Waals surface area (Å²) >= 11 is 0. The Labute approximate surface area is 133 Å². The van der Waals surface area contributed by atoms with E-state index in [2.05, 4.69) is 5.32 Å². The second-order valence-electron chi connectivity index (χ2n) is 4.90. The molecular weight excluding hydrogens is 304 g/mol. The maximum Gasteiger partial charge on any atom is 0.256 e. The third kappa shape index (κ3) is 4.50. The first-order chi connectivity index (χ1) is 11.0. The molecule has 23 heavy (non-hydrogen) atoms. The molecule has 1 amide bonds. The van der Waals surface area contributed by atoms with Crippen LogP contribution in [0.15, 0.2) is 36.4 Å². The number of rotatable bonds is 6. The van der Waals surface area contributed by atoms with Crippen LogP contribution in [0.25, 0.3) is 0 Å². The number of nitrogens with one attached hydrogen (secondary N) is 1. The van der Waals surface area contributed by atoms with Crippen LogP contribution in [-0.2, 0) is 4.74 Å². The number of benzene rings is 2. The Kier molecular flexibility index (Phi) is 5.65. The summed E-state index contributed by atoms with van der Waals surface area (Å²) in [5.41, 5.74) is 0.967. The molecule has 0 spiro atoms. The summed E-state index contributed by atoms with van der Waals surface area (Å²) in [5, 5.41) is 2.55. The highest BCUT2D eigenvalue weighted by atomic mass is 19.1. The third-order valence-electron chi connectivity index (χ3n) is 3.18. The van der Waals surface area contributed by atoms with Gasteiger partial charge < -0.3 is 14.8 Å². The van der Waals surface area contributed by atoms with Crippen LogP contribution in [0.4, 0.5) is 14.5 Å². The quantitative estimate of drug-likeness (QED) is 0.828. The molecule has 6 heteroatoms. The predicted octanol–water partition coefficient (Wildman–Crippen LogP) is 3.55. The number of hydrogen-bond donors (Lipinski definition) is 1. The van der Waals surface area contributed by atoms with E-state index >= 15 is 0 Å². The Morgan fingerprint density at radius 3 is 2.52 bits per heavy atom. The number of methoxy groups -OCH3 is 1. The highest BCUT2D eigenvalue weighted by Crippen LogP contribution is 2.26. The van der Waals surface area contributed by atoms with E-state index in [4.69, 9.17) is 9.47 Å². The molecule has 0 aromatic heterocycles. The van der Waals surface area contributed by atoms with E-state index in [1.54, 1.807) is 6.92 Å². The van der Waals surface area contributed by atoms with Gasteiger partial charge in [0.25, 0.3) is 5.91 Å². The number of carbonyl (C=O) groups is 1. The second-order valence-corrected chi connectivity index (χ2v) is 4.90. The lowest BCUT2D eigenvalue weighted by atomic mass is 10.1. The van der Waals surface area contributed by atoms with Crippen LogP contribution < -0.4 is 10.1 Å². The molecule has 0 bridgehead atoms. The largest absolute Gasteiger partial charge is 0.489 e. The van der Waals surface area contributed by atoms with E-state index in [1.165, 1.54) is 31.4 Å². The van der Waals surface area contributed by atoms with Crippen molar-refractivity contribution >= 4 is 11.6 Å². The molecule has 0 fully saturated rings. The fourth-order valence-corrected chi connectivity index (χ4v) is 1.99. The Hall–Kier alpha value is -2.47. The lowest BCUT2D eigenvalue weighted by molar-refractivity contribution is 0.102. The van der Waals surface area contributed by atoms with Crippen molar-refractivity contribution < 1.29 is 23.0 Å². The van der Waals surface area contributed by atoms with E-state index in [-0.39, 0.29) is 17.9 Å². The summed E-state index contributed by atoms with van der Waals surface area (Å²) < 4.78 is 37.1. The molecule has 0 atom stereocenters. The van der Waals surface area contributed by atoms with E-state index < -0.39 is 17.5 Å². The molecule has 1 N–H and O–H groups in total. The molecule has 4 nitrogen and oxygen atoms in total. The maximum absolute atomic E-state index is 13.4. The van der Waals surface area contributed by atoms with Gasteiger partial charge in [0.2, 0.25) is 0 Å². The summed E-state index contributed by atoms with van der Waals surface area (Å²) in [6, 6.07) is 7.70. The Morgan fingerprint density at radius 1 is 1.09 bits per heavy atom. The van der Waals surface area contributed by atoms with Crippen molar-refractivity contribution in [3.63, 3.8) is 0 Å². The molecule has 122 valence electrons. The average Bonchev–Trinajstić information content (AvgIpc) is 2.52. The number of ether oxygens (including phenoxy) is 2. The monoisotopic (exact) mass is 321 g/mol. The third-order valence-corrected chi connectivity index (χ3v) is 3.18. The molecule has 0 aliphatic carbocycles. The van der Waals surface area contributed by atoms with Crippen molar-refractivity contribution in [2.24, 2.45) is 0 Å². The van der Waals surface area contributed by atoms with Crippen molar-refractivity contribution in [3.05, 3.63) is 59.2 Å². The minimum atomic E-state index is -0.538. The van der Waals surface area contributed by atoms with Crippen molar-refractivity contribution in [2.45, 2.75) is 6.92 Å². The normalized spacial score (nSPS) is 10.4. The minimum absolute atomic E-state index is 0.176. The topological polar surface area (TPSA) is 47.6 Å². The number of anilines is 1. The molecule has 0 aliphatic heterocycles. The lowest BCUT2D eigenvalue weighted by Gasteiger charge is -2.13. The van der Waals surface area contributed by atoms with Crippen LogP contribution in [0.2, 0.25) is 0 Å². The summed E-state index contributed by atoms with van der Waals surface area (Å²) in [5.74, 6) is -1.26. The fourth-order valence-electron chi connectivity index (χ4n) is 1.99. The zero-order valence-corrected chi connectivity index (χ0v) is 12.9. The molecule has 0 unspecified atom stereocenters. The fraction of sp³-hybridized carbons (Fsp3) is 0.235. The molecule has 0 saturated heterocycles. The van der Waals surface area contributed by atoms with E-state index in [9.17, 15) is 13.6 Å². The summed E-state index contributed by atoms with van der Waals surface area (Å²) in [7, 11) is 1.53. The number of amides is 1. The SMILES string of the molecule is COCCOc1ccc(F)cc1NC(=O)c1cc(F)ccc1C. The zero-order chi connectivity index (χ0) is 16.8. The van der Waals surface area contributed by atoms with E-state index in [0.29, 0.717) is 17.9 Å². The first-order valence-corrected chi connectivity index (χ1v) is 7.00. The summed E-state index contributed by atoms with van der Waals surface area (Å²) in [4.78, 5) is 12.3. The van der Waals surface area contributed by atoms with Gasteiger partial charge in [-0.25, -0.2) is 8.78 Å². The van der Waals surface area contributed by atoms with E-state index in [1.807, 2.05) is 0 Å². The van der Waals surface area contributed by atoms with Crippen LogP contribution in [0, 0.1) is 18.6 Å². The van der Waals surface area contributed by atoms with Crippen molar-refractivity contribution in [3.8, 4) is 5.75 Å². The van der Waals surface area contributed by atoms with Crippen LogP contribution in [0.5, 0.6) is 5.75 Å². The van der Waals surface area contributed by atoms with Crippen molar-refractivity contribution in [2.75, 3.05) is 25.6 Å². The molecule has 0 radical (unpaired) electrons. The predicted molar refractivity (Wildman–Crippen MR) is 82.9 cm³/mol. The highest BCUT2D eigenvalue weighted by molar-refractivity contribution is 6.06. The van der Waals surface area contributed by atoms with Crippen molar-refractivity contribution in [1.82, 2.24) is 0 Å². The van der Waals surface area contributed by atoms with Gasteiger partial charge in [-0.05, 0) is 36.8 Å². The molecular formula is C17H17F2NO3. The summed E-state index contributed by atoms with van der Waals surface area (Å²) in [6.45, 7) is 2.30. The van der Waals surface area contributed by atoms with Crippen LogP contribution in [-0.4, -0.2) is 26.2 Å². The zero-order valence-electron chi connectivity index (χ0n) is 12.9. The lowest BCUT2D eigenvalue weighted by Crippen LogP contribution is -2.15. The average molecular weight is 321 g/mol. The van der Waals surface area contributed by atoms with Gasteiger partial charge in [-0.3, -0.25) is 4.79 Å². The van der Waals surface area contributed by atoms with Gasteiger partial charge >= 0.3 is 0 Å². The van der Waals surface area contributed by atoms with Gasteiger partial charge in [-0.15, -0.1) is 0 Å². The number of aryl methyl sites for hydroxylation is 1. The summed E-state index contributed by atoms with van der Waals surface area (Å²) in [6.07, 6.45) is 0. The van der Waals surface area contributed by atoms with Gasteiger partial charge in [0.1, 0.15) is 24.0 Å². The minimum Gasteiger partial charge on any atom is -0.489 e. The standard InChI is InChI=1S/C17H17F2NO3/c1-11-3-4-12(18)9-14(11)17(21)20-15-10-13(19)5-6-16(15)23-8-7-22-2/h3-6,9-10H,7-8H2,1-2H3,(H,20,21). The van der Waals surface area contributed by atoms with Gasteiger partial charge in [0.05, 0.1) is 12.3 Å². The molecule has 2 aromatic carbocycles.